The number of aromatic amines is 1. The van der Waals surface area contributed by atoms with E-state index in [1.807, 2.05) is 0 Å². The predicted molar refractivity (Wildman–Crippen MR) is 76.8 cm³/mol. The molecule has 0 saturated carbocycles. The molecule has 23 heavy (non-hydrogen) atoms. The molecule has 0 amide bonds. The minimum absolute atomic E-state index is 0.0964. The number of hydrogen-bond donors (Lipinski definition) is 1. The molecule has 0 aromatic carbocycles. The molecular weight excluding hydrogens is 308 g/mol. The lowest BCUT2D eigenvalue weighted by Crippen LogP contribution is -2.33. The van der Waals surface area contributed by atoms with Gasteiger partial charge >= 0.3 is 17.6 Å². The first-order valence-electron chi connectivity index (χ1n) is 7.06. The summed E-state index contributed by atoms with van der Waals surface area (Å²) in [6, 6.07) is 0. The van der Waals surface area contributed by atoms with E-state index in [0.717, 1.165) is 0 Å². The molecule has 1 fully saturated rings. The van der Waals surface area contributed by atoms with Crippen LogP contribution < -0.4 is 11.2 Å². The molecule has 1 saturated heterocycles. The third kappa shape index (κ3) is 4.07. The first-order valence-corrected chi connectivity index (χ1v) is 7.06. The normalized spacial score (nSPS) is 23.5. The van der Waals surface area contributed by atoms with Crippen LogP contribution in [0.3, 0.4) is 0 Å². The van der Waals surface area contributed by atoms with Crippen LogP contribution in [0.15, 0.2) is 15.8 Å². The fraction of sp³-hybridized carbons (Fsp3) is 0.571. The Hall–Kier alpha value is -2.42. The highest BCUT2D eigenvalue weighted by Crippen LogP contribution is 2.30. The second-order valence-electron chi connectivity index (χ2n) is 5.29. The van der Waals surface area contributed by atoms with Crippen molar-refractivity contribution in [1.82, 2.24) is 9.55 Å². The third-order valence-corrected chi connectivity index (χ3v) is 3.40. The average Bonchev–Trinajstić information content (AvgIpc) is 2.82. The molecular formula is C14H18N2O7. The number of rotatable bonds is 4. The van der Waals surface area contributed by atoms with Crippen LogP contribution in [0.5, 0.6) is 0 Å². The average molecular weight is 326 g/mol. The molecule has 1 aliphatic heterocycles. The number of nitrogens with zero attached hydrogens (tertiary/aromatic N) is 1. The molecule has 1 aromatic heterocycles. The Bertz CT molecular complexity index is 721. The number of hydrogen-bond acceptors (Lipinski definition) is 7. The summed E-state index contributed by atoms with van der Waals surface area (Å²) in [6.07, 6.45) is -0.493. The van der Waals surface area contributed by atoms with E-state index in [9.17, 15) is 19.2 Å². The summed E-state index contributed by atoms with van der Waals surface area (Å²) >= 11 is 0. The van der Waals surface area contributed by atoms with Crippen LogP contribution in [0.25, 0.3) is 0 Å². The number of esters is 2. The van der Waals surface area contributed by atoms with Crippen LogP contribution in [0.4, 0.5) is 0 Å². The lowest BCUT2D eigenvalue weighted by Gasteiger charge is -2.17. The summed E-state index contributed by atoms with van der Waals surface area (Å²) in [4.78, 5) is 47.6. The van der Waals surface area contributed by atoms with Crippen molar-refractivity contribution in [3.8, 4) is 0 Å². The molecule has 1 N–H and O–H groups in total. The number of aromatic nitrogens is 2. The molecule has 0 spiro atoms. The van der Waals surface area contributed by atoms with Gasteiger partial charge in [0.2, 0.25) is 0 Å². The van der Waals surface area contributed by atoms with Crippen LogP contribution in [0.2, 0.25) is 0 Å². The summed E-state index contributed by atoms with van der Waals surface area (Å²) in [5.74, 6) is -0.993. The molecule has 9 heteroatoms. The van der Waals surface area contributed by atoms with E-state index in [2.05, 4.69) is 4.98 Å². The van der Waals surface area contributed by atoms with E-state index in [1.165, 1.54) is 24.6 Å². The van der Waals surface area contributed by atoms with Crippen LogP contribution in [-0.4, -0.2) is 40.3 Å². The maximum Gasteiger partial charge on any atom is 0.330 e. The molecule has 9 nitrogen and oxygen atoms in total. The van der Waals surface area contributed by atoms with Gasteiger partial charge in [0.25, 0.3) is 5.56 Å². The van der Waals surface area contributed by atoms with Gasteiger partial charge in [0.15, 0.2) is 0 Å². The molecule has 3 atom stereocenters. The van der Waals surface area contributed by atoms with Crippen molar-refractivity contribution < 1.29 is 23.8 Å². The Balaban J connectivity index is 2.23. The first kappa shape index (κ1) is 16.9. The lowest BCUT2D eigenvalue weighted by molar-refractivity contribution is -0.155. The van der Waals surface area contributed by atoms with Crippen molar-refractivity contribution >= 4 is 11.9 Å². The van der Waals surface area contributed by atoms with Crippen LogP contribution in [0.1, 0.15) is 32.1 Å². The van der Waals surface area contributed by atoms with Crippen molar-refractivity contribution in [1.29, 1.82) is 0 Å². The molecule has 1 unspecified atom stereocenters. The van der Waals surface area contributed by atoms with E-state index in [0.29, 0.717) is 5.56 Å². The Morgan fingerprint density at radius 2 is 2.04 bits per heavy atom. The Labute approximate surface area is 131 Å². The van der Waals surface area contributed by atoms with Gasteiger partial charge in [-0.25, -0.2) is 4.79 Å². The van der Waals surface area contributed by atoms with Gasteiger partial charge in [0, 0.05) is 32.0 Å². The highest BCUT2D eigenvalue weighted by molar-refractivity contribution is 5.66. The van der Waals surface area contributed by atoms with E-state index in [-0.39, 0.29) is 13.0 Å². The SMILES string of the molecule is CC(=O)OCC1O[C@@H](n2cc(C)c(=O)[nH]c2=O)C[C@H]1OC(C)=O. The van der Waals surface area contributed by atoms with E-state index in [1.54, 1.807) is 6.92 Å². The summed E-state index contributed by atoms with van der Waals surface area (Å²) in [6.45, 7) is 3.97. The predicted octanol–water partition coefficient (Wildman–Crippen LogP) is -0.373. The van der Waals surface area contributed by atoms with E-state index in [4.69, 9.17) is 14.2 Å². The maximum absolute atomic E-state index is 11.9. The van der Waals surface area contributed by atoms with Crippen molar-refractivity contribution in [2.75, 3.05) is 6.61 Å². The molecule has 1 aromatic rings. The largest absolute Gasteiger partial charge is 0.463 e. The molecule has 0 bridgehead atoms. The van der Waals surface area contributed by atoms with E-state index >= 15 is 0 Å². The molecule has 0 aliphatic carbocycles. The van der Waals surface area contributed by atoms with Crippen molar-refractivity contribution in [2.24, 2.45) is 0 Å². The highest BCUT2D eigenvalue weighted by Gasteiger charge is 2.39. The quantitative estimate of drug-likeness (QED) is 0.750. The Kier molecular flexibility index (Phi) is 4.99. The van der Waals surface area contributed by atoms with Crippen LogP contribution in [0, 0.1) is 6.92 Å². The van der Waals surface area contributed by atoms with Gasteiger partial charge in [-0.15, -0.1) is 0 Å². The summed E-state index contributed by atoms with van der Waals surface area (Å²) in [7, 11) is 0. The molecule has 1 aliphatic rings. The fourth-order valence-corrected chi connectivity index (χ4v) is 2.36. The zero-order valence-electron chi connectivity index (χ0n) is 13.0. The van der Waals surface area contributed by atoms with Crippen LogP contribution in [-0.2, 0) is 23.8 Å². The van der Waals surface area contributed by atoms with Crippen molar-refractivity contribution in [3.63, 3.8) is 0 Å². The Morgan fingerprint density at radius 1 is 1.35 bits per heavy atom. The number of ether oxygens (including phenoxy) is 3. The molecule has 2 rings (SSSR count). The van der Waals surface area contributed by atoms with Crippen LogP contribution >= 0.6 is 0 Å². The summed E-state index contributed by atoms with van der Waals surface area (Å²) in [5, 5.41) is 0. The first-order chi connectivity index (χ1) is 10.8. The number of aryl methyl sites for hydroxylation is 1. The second kappa shape index (κ2) is 6.78. The minimum atomic E-state index is -0.733. The number of carbonyl (C=O) groups excluding carboxylic acids is 2. The highest BCUT2D eigenvalue weighted by atomic mass is 16.6. The minimum Gasteiger partial charge on any atom is -0.463 e. The van der Waals surface area contributed by atoms with Crippen molar-refractivity contribution in [2.45, 2.75) is 45.6 Å². The third-order valence-electron chi connectivity index (χ3n) is 3.40. The van der Waals surface area contributed by atoms with Gasteiger partial charge in [0.05, 0.1) is 0 Å². The lowest BCUT2D eigenvalue weighted by atomic mass is 10.2. The molecule has 0 radical (unpaired) electrons. The van der Waals surface area contributed by atoms with Crippen molar-refractivity contribution in [3.05, 3.63) is 32.6 Å². The second-order valence-corrected chi connectivity index (χ2v) is 5.29. The fourth-order valence-electron chi connectivity index (χ4n) is 2.36. The zero-order chi connectivity index (χ0) is 17.1. The maximum atomic E-state index is 11.9. The summed E-state index contributed by atoms with van der Waals surface area (Å²) in [5.41, 5.74) is -0.752. The van der Waals surface area contributed by atoms with E-state index < -0.39 is 41.6 Å². The number of carbonyl (C=O) groups is 2. The summed E-state index contributed by atoms with van der Waals surface area (Å²) < 4.78 is 17.0. The van der Waals surface area contributed by atoms with Gasteiger partial charge in [0.1, 0.15) is 25.0 Å². The van der Waals surface area contributed by atoms with Gasteiger partial charge < -0.3 is 14.2 Å². The van der Waals surface area contributed by atoms with Gasteiger partial charge in [-0.1, -0.05) is 0 Å². The number of nitrogens with one attached hydrogen (secondary N) is 1. The standard InChI is InChI=1S/C14H18N2O7/c1-7-5-16(14(20)15-13(7)19)12-4-10(22-9(3)18)11(23-12)6-21-8(2)17/h5,10-12H,4,6H2,1-3H3,(H,15,19,20)/t10-,11?,12-/m1/s1. The van der Waals surface area contributed by atoms with Gasteiger partial charge in [-0.3, -0.25) is 23.9 Å². The van der Waals surface area contributed by atoms with Gasteiger partial charge in [-0.2, -0.15) is 0 Å². The smallest absolute Gasteiger partial charge is 0.330 e. The Morgan fingerprint density at radius 3 is 2.65 bits per heavy atom. The molecule has 126 valence electrons. The molecule has 2 heterocycles. The number of H-pyrrole nitrogens is 1. The monoisotopic (exact) mass is 326 g/mol. The van der Waals surface area contributed by atoms with Gasteiger partial charge in [-0.05, 0) is 6.92 Å². The topological polar surface area (TPSA) is 117 Å². The zero-order valence-corrected chi connectivity index (χ0v) is 13.0.